The quantitative estimate of drug-likeness (QED) is 0.421. The molecule has 0 spiro atoms. The smallest absolute Gasteiger partial charge is 0.278 e. The number of rotatable bonds is 6. The van der Waals surface area contributed by atoms with Crippen molar-refractivity contribution < 1.29 is 9.85 Å². The van der Waals surface area contributed by atoms with Crippen LogP contribution in [0.25, 0.3) is 0 Å². The van der Waals surface area contributed by atoms with Gasteiger partial charge >= 0.3 is 0 Å². The Balaban J connectivity index is 1.80. The maximum atomic E-state index is 11.1. The van der Waals surface area contributed by atoms with Gasteiger partial charge in [0.05, 0.1) is 33.1 Å². The summed E-state index contributed by atoms with van der Waals surface area (Å²) in [6.45, 7) is 0. The number of nitro benzene ring substituents is 2. The van der Waals surface area contributed by atoms with E-state index in [0.717, 1.165) is 25.7 Å². The van der Waals surface area contributed by atoms with Crippen molar-refractivity contribution in [3.63, 3.8) is 0 Å². The van der Waals surface area contributed by atoms with Crippen LogP contribution >= 0.6 is 0 Å². The number of nitro groups is 2. The van der Waals surface area contributed by atoms with Crippen LogP contribution in [0.2, 0.25) is 0 Å². The first-order valence-electron chi connectivity index (χ1n) is 9.09. The van der Waals surface area contributed by atoms with E-state index < -0.39 is 9.85 Å². The highest BCUT2D eigenvalue weighted by atomic mass is 16.6. The van der Waals surface area contributed by atoms with E-state index in [1.807, 2.05) is 0 Å². The second kappa shape index (κ2) is 8.98. The average Bonchev–Trinajstić information content (AvgIpc) is 2.71. The van der Waals surface area contributed by atoms with Crippen molar-refractivity contribution in [1.82, 2.24) is 0 Å². The molecule has 1 aliphatic carbocycles. The van der Waals surface area contributed by atoms with Gasteiger partial charge in [0, 0.05) is 24.6 Å². The van der Waals surface area contributed by atoms with Crippen LogP contribution in [0.1, 0.15) is 36.8 Å². The monoisotopic (exact) mass is 380 g/mol. The van der Waals surface area contributed by atoms with E-state index in [2.05, 4.69) is 9.98 Å². The van der Waals surface area contributed by atoms with Crippen molar-refractivity contribution in [1.29, 1.82) is 0 Å². The van der Waals surface area contributed by atoms with Gasteiger partial charge in [0.2, 0.25) is 0 Å². The molecule has 2 atom stereocenters. The molecule has 0 aliphatic heterocycles. The van der Waals surface area contributed by atoms with Gasteiger partial charge in [-0.3, -0.25) is 30.2 Å². The molecule has 144 valence electrons. The highest BCUT2D eigenvalue weighted by Crippen LogP contribution is 2.25. The van der Waals surface area contributed by atoms with Gasteiger partial charge in [0.25, 0.3) is 11.4 Å². The lowest BCUT2D eigenvalue weighted by Gasteiger charge is -2.25. The van der Waals surface area contributed by atoms with Crippen LogP contribution in [0.5, 0.6) is 0 Å². The summed E-state index contributed by atoms with van der Waals surface area (Å²) >= 11 is 0. The van der Waals surface area contributed by atoms with Crippen LogP contribution < -0.4 is 0 Å². The van der Waals surface area contributed by atoms with Gasteiger partial charge in [-0.05, 0) is 25.0 Å². The molecule has 8 heteroatoms. The van der Waals surface area contributed by atoms with E-state index >= 15 is 0 Å². The van der Waals surface area contributed by atoms with Crippen LogP contribution in [-0.2, 0) is 0 Å². The summed E-state index contributed by atoms with van der Waals surface area (Å²) in [5.41, 5.74) is 0.947. The minimum Gasteiger partial charge on any atom is -0.287 e. The van der Waals surface area contributed by atoms with Crippen LogP contribution in [0, 0.1) is 20.2 Å². The van der Waals surface area contributed by atoms with E-state index in [1.54, 1.807) is 48.8 Å². The Kier molecular flexibility index (Phi) is 6.21. The Morgan fingerprint density at radius 2 is 1.14 bits per heavy atom. The topological polar surface area (TPSA) is 111 Å². The lowest BCUT2D eigenvalue weighted by molar-refractivity contribution is -0.385. The standard InChI is InChI=1S/C20H20N4O4/c25-23(26)19-11-5-1-7-15(19)13-21-17-9-3-4-10-18(17)22-14-16-8-2-6-12-20(16)24(27)28/h1-2,5-8,11-14,17-18H,3-4,9-10H2. The predicted molar refractivity (Wildman–Crippen MR) is 107 cm³/mol. The molecule has 0 radical (unpaired) electrons. The second-order valence-electron chi connectivity index (χ2n) is 6.61. The zero-order chi connectivity index (χ0) is 19.9. The number of aliphatic imine (C=N–C) groups is 2. The maximum Gasteiger partial charge on any atom is 0.278 e. The molecule has 0 aromatic heterocycles. The van der Waals surface area contributed by atoms with Gasteiger partial charge < -0.3 is 0 Å². The number of hydrogen-bond donors (Lipinski definition) is 0. The largest absolute Gasteiger partial charge is 0.287 e. The first-order chi connectivity index (χ1) is 13.6. The number of hydrogen-bond acceptors (Lipinski definition) is 6. The van der Waals surface area contributed by atoms with E-state index in [9.17, 15) is 20.2 Å². The third kappa shape index (κ3) is 4.64. The van der Waals surface area contributed by atoms with E-state index in [1.165, 1.54) is 12.1 Å². The van der Waals surface area contributed by atoms with Gasteiger partial charge in [-0.2, -0.15) is 0 Å². The molecule has 1 saturated carbocycles. The fourth-order valence-corrected chi connectivity index (χ4v) is 3.32. The van der Waals surface area contributed by atoms with E-state index in [-0.39, 0.29) is 23.5 Å². The third-order valence-electron chi connectivity index (χ3n) is 4.77. The zero-order valence-electron chi connectivity index (χ0n) is 15.2. The molecule has 3 rings (SSSR count). The molecular formula is C20H20N4O4. The molecule has 1 fully saturated rings. The first-order valence-corrected chi connectivity index (χ1v) is 9.09. The SMILES string of the molecule is O=[N+]([O-])c1ccccc1C=NC1CCCCC1N=Cc1ccccc1[N+](=O)[O-]. The fourth-order valence-electron chi connectivity index (χ4n) is 3.32. The number of para-hydroxylation sites is 2. The molecule has 8 nitrogen and oxygen atoms in total. The van der Waals surface area contributed by atoms with Gasteiger partial charge in [-0.25, -0.2) is 0 Å². The maximum absolute atomic E-state index is 11.1. The van der Waals surface area contributed by atoms with Crippen molar-refractivity contribution in [2.24, 2.45) is 9.98 Å². The molecule has 0 N–H and O–H groups in total. The van der Waals surface area contributed by atoms with Crippen molar-refractivity contribution in [3.05, 3.63) is 79.9 Å². The summed E-state index contributed by atoms with van der Waals surface area (Å²) in [5.74, 6) is 0. The lowest BCUT2D eigenvalue weighted by Crippen LogP contribution is -2.27. The predicted octanol–water partition coefficient (Wildman–Crippen LogP) is 4.35. The van der Waals surface area contributed by atoms with Gasteiger partial charge in [0.1, 0.15) is 0 Å². The summed E-state index contributed by atoms with van der Waals surface area (Å²) in [7, 11) is 0. The van der Waals surface area contributed by atoms with Crippen LogP contribution in [0.15, 0.2) is 58.5 Å². The number of benzene rings is 2. The average molecular weight is 380 g/mol. The summed E-state index contributed by atoms with van der Waals surface area (Å²) in [6, 6.07) is 12.7. The molecule has 1 aliphatic rings. The molecule has 0 saturated heterocycles. The van der Waals surface area contributed by atoms with E-state index in [4.69, 9.17) is 0 Å². The second-order valence-corrected chi connectivity index (χ2v) is 6.61. The van der Waals surface area contributed by atoms with Crippen LogP contribution in [0.4, 0.5) is 11.4 Å². The molecule has 28 heavy (non-hydrogen) atoms. The summed E-state index contributed by atoms with van der Waals surface area (Å²) in [5, 5.41) is 22.3. The van der Waals surface area contributed by atoms with Gasteiger partial charge in [-0.1, -0.05) is 37.1 Å². The van der Waals surface area contributed by atoms with Gasteiger partial charge in [0.15, 0.2) is 0 Å². The normalized spacial score (nSPS) is 19.9. The highest BCUT2D eigenvalue weighted by Gasteiger charge is 2.24. The molecular weight excluding hydrogens is 360 g/mol. The molecule has 0 bridgehead atoms. The Labute approximate surface area is 161 Å². The Bertz CT molecular complexity index is 850. The van der Waals surface area contributed by atoms with Gasteiger partial charge in [-0.15, -0.1) is 0 Å². The third-order valence-corrected chi connectivity index (χ3v) is 4.77. The van der Waals surface area contributed by atoms with Crippen LogP contribution in [0.3, 0.4) is 0 Å². The van der Waals surface area contributed by atoms with Crippen molar-refractivity contribution >= 4 is 23.8 Å². The molecule has 2 aromatic rings. The van der Waals surface area contributed by atoms with Crippen molar-refractivity contribution in [2.45, 2.75) is 37.8 Å². The van der Waals surface area contributed by atoms with Crippen molar-refractivity contribution in [3.8, 4) is 0 Å². The van der Waals surface area contributed by atoms with Crippen molar-refractivity contribution in [2.75, 3.05) is 0 Å². The first kappa shape index (κ1) is 19.3. The minimum absolute atomic E-state index is 0.0158. The molecule has 2 aromatic carbocycles. The Hall–Kier alpha value is -3.42. The lowest BCUT2D eigenvalue weighted by atomic mass is 9.91. The summed E-state index contributed by atoms with van der Waals surface area (Å²) in [6.07, 6.45) is 6.77. The molecule has 0 amide bonds. The Morgan fingerprint density at radius 3 is 1.54 bits per heavy atom. The highest BCUT2D eigenvalue weighted by molar-refractivity contribution is 5.86. The zero-order valence-corrected chi connectivity index (χ0v) is 15.2. The number of nitrogens with zero attached hydrogens (tertiary/aromatic N) is 4. The minimum atomic E-state index is -0.424. The Morgan fingerprint density at radius 1 is 0.750 bits per heavy atom. The summed E-state index contributed by atoms with van der Waals surface area (Å²) < 4.78 is 0. The summed E-state index contributed by atoms with van der Waals surface area (Å²) in [4.78, 5) is 30.6. The van der Waals surface area contributed by atoms with Crippen LogP contribution in [-0.4, -0.2) is 34.4 Å². The van der Waals surface area contributed by atoms with E-state index in [0.29, 0.717) is 11.1 Å². The fraction of sp³-hybridized carbons (Fsp3) is 0.300. The molecule has 0 heterocycles. The molecule has 2 unspecified atom stereocenters.